The van der Waals surface area contributed by atoms with Gasteiger partial charge >= 0.3 is 0 Å². The van der Waals surface area contributed by atoms with E-state index in [0.717, 1.165) is 42.2 Å². The molecule has 0 N–H and O–H groups in total. The first kappa shape index (κ1) is 18.3. The molecule has 0 amide bonds. The number of hydrogen-bond donors (Lipinski definition) is 0. The van der Waals surface area contributed by atoms with Crippen molar-refractivity contribution in [2.75, 3.05) is 13.7 Å². The van der Waals surface area contributed by atoms with Crippen molar-refractivity contribution in [1.29, 1.82) is 0 Å². The van der Waals surface area contributed by atoms with Crippen molar-refractivity contribution >= 4 is 5.69 Å². The molecule has 7 nitrogen and oxygen atoms in total. The number of rotatable bonds is 4. The van der Waals surface area contributed by atoms with E-state index in [1.54, 1.807) is 6.07 Å². The minimum atomic E-state index is -0.409. The van der Waals surface area contributed by atoms with E-state index in [-0.39, 0.29) is 11.1 Å². The van der Waals surface area contributed by atoms with Gasteiger partial charge in [-0.25, -0.2) is 9.97 Å². The van der Waals surface area contributed by atoms with Gasteiger partial charge in [0, 0.05) is 60.6 Å². The zero-order valence-corrected chi connectivity index (χ0v) is 15.7. The van der Waals surface area contributed by atoms with E-state index in [2.05, 4.69) is 30.7 Å². The van der Waals surface area contributed by atoms with E-state index >= 15 is 0 Å². The molecule has 0 saturated carbocycles. The van der Waals surface area contributed by atoms with Crippen LogP contribution in [0.25, 0.3) is 0 Å². The summed E-state index contributed by atoms with van der Waals surface area (Å²) in [6.07, 6.45) is 2.80. The Bertz CT molecular complexity index is 830. The molecule has 7 heteroatoms. The fraction of sp³-hybridized carbons (Fsp3) is 0.474. The third kappa shape index (κ3) is 3.83. The molecule has 138 valence electrons. The van der Waals surface area contributed by atoms with Crippen molar-refractivity contribution in [3.8, 4) is 5.75 Å². The normalized spacial score (nSPS) is 14.8. The largest absolute Gasteiger partial charge is 0.496 e. The van der Waals surface area contributed by atoms with E-state index in [9.17, 15) is 10.1 Å². The molecular formula is C19H24N4O3. The van der Waals surface area contributed by atoms with Crippen molar-refractivity contribution in [2.24, 2.45) is 0 Å². The van der Waals surface area contributed by atoms with Crippen LogP contribution in [0.1, 0.15) is 43.4 Å². The lowest BCUT2D eigenvalue weighted by molar-refractivity contribution is -0.384. The monoisotopic (exact) mass is 356 g/mol. The number of nitro groups is 1. The van der Waals surface area contributed by atoms with Gasteiger partial charge in [0.1, 0.15) is 11.6 Å². The molecule has 1 aliphatic heterocycles. The smallest absolute Gasteiger partial charge is 0.273 e. The van der Waals surface area contributed by atoms with Crippen LogP contribution in [-0.2, 0) is 24.9 Å². The molecule has 0 atom stereocenters. The number of ether oxygens (including phenoxy) is 1. The zero-order chi connectivity index (χ0) is 18.9. The summed E-state index contributed by atoms with van der Waals surface area (Å²) in [6.45, 7) is 8.66. The molecule has 1 aromatic carbocycles. The molecule has 0 fully saturated rings. The van der Waals surface area contributed by atoms with Gasteiger partial charge in [0.15, 0.2) is 0 Å². The Balaban J connectivity index is 1.77. The van der Waals surface area contributed by atoms with Crippen LogP contribution in [0.15, 0.2) is 24.4 Å². The Morgan fingerprint density at radius 2 is 2.12 bits per heavy atom. The first-order valence-corrected chi connectivity index (χ1v) is 8.67. The summed E-state index contributed by atoms with van der Waals surface area (Å²) in [4.78, 5) is 22.1. The van der Waals surface area contributed by atoms with Crippen molar-refractivity contribution < 1.29 is 9.66 Å². The van der Waals surface area contributed by atoms with Gasteiger partial charge in [-0.05, 0) is 6.07 Å². The summed E-state index contributed by atoms with van der Waals surface area (Å²) in [5.74, 6) is 1.42. The Hall–Kier alpha value is -2.54. The second-order valence-corrected chi connectivity index (χ2v) is 7.63. The molecular weight excluding hydrogens is 332 g/mol. The molecule has 0 spiro atoms. The minimum absolute atomic E-state index is 0.0395. The molecule has 2 heterocycles. The summed E-state index contributed by atoms with van der Waals surface area (Å²) < 4.78 is 5.34. The number of nitro benzene ring substituents is 1. The van der Waals surface area contributed by atoms with Crippen LogP contribution < -0.4 is 4.74 Å². The lowest BCUT2D eigenvalue weighted by Crippen LogP contribution is -2.32. The fourth-order valence-electron chi connectivity index (χ4n) is 3.09. The van der Waals surface area contributed by atoms with Crippen LogP contribution in [0.2, 0.25) is 0 Å². The maximum atomic E-state index is 10.9. The summed E-state index contributed by atoms with van der Waals surface area (Å²) >= 11 is 0. The van der Waals surface area contributed by atoms with E-state index in [1.807, 2.05) is 6.20 Å². The van der Waals surface area contributed by atoms with Crippen LogP contribution >= 0.6 is 0 Å². The Morgan fingerprint density at radius 3 is 2.77 bits per heavy atom. The zero-order valence-electron chi connectivity index (χ0n) is 15.7. The number of hydrogen-bond acceptors (Lipinski definition) is 6. The van der Waals surface area contributed by atoms with Gasteiger partial charge in [-0.1, -0.05) is 20.8 Å². The average Bonchev–Trinajstić information content (AvgIpc) is 2.60. The van der Waals surface area contributed by atoms with E-state index in [1.165, 1.54) is 19.2 Å². The average molecular weight is 356 g/mol. The summed E-state index contributed by atoms with van der Waals surface area (Å²) in [7, 11) is 1.54. The Morgan fingerprint density at radius 1 is 1.35 bits per heavy atom. The molecule has 3 rings (SSSR count). The molecule has 0 bridgehead atoms. The minimum Gasteiger partial charge on any atom is -0.496 e. The summed E-state index contributed by atoms with van der Waals surface area (Å²) in [5, 5.41) is 10.9. The number of benzene rings is 1. The number of fused-ring (bicyclic) bond motifs is 1. The van der Waals surface area contributed by atoms with Gasteiger partial charge in [-0.15, -0.1) is 0 Å². The van der Waals surface area contributed by atoms with Crippen molar-refractivity contribution in [3.63, 3.8) is 0 Å². The van der Waals surface area contributed by atoms with Crippen molar-refractivity contribution in [2.45, 2.75) is 45.7 Å². The molecule has 0 radical (unpaired) electrons. The Kier molecular flexibility index (Phi) is 4.91. The highest BCUT2D eigenvalue weighted by molar-refractivity contribution is 5.44. The second kappa shape index (κ2) is 6.99. The highest BCUT2D eigenvalue weighted by atomic mass is 16.6. The number of aromatic nitrogens is 2. The van der Waals surface area contributed by atoms with Crippen molar-refractivity contribution in [1.82, 2.24) is 14.9 Å². The SMILES string of the molecule is COc1cc([N+](=O)[O-])ccc1CN1CCc2nc(C(C)(C)C)ncc2C1. The third-order valence-corrected chi connectivity index (χ3v) is 4.56. The topological polar surface area (TPSA) is 81.4 Å². The third-order valence-electron chi connectivity index (χ3n) is 4.56. The standard InChI is InChI=1S/C19H24N4O3/c1-19(2,3)18-20-10-14-12-22(8-7-16(14)21-18)11-13-5-6-15(23(24)25)9-17(13)26-4/h5-6,9-10H,7-8,11-12H2,1-4H3. The van der Waals surface area contributed by atoms with E-state index in [4.69, 9.17) is 9.72 Å². The van der Waals surface area contributed by atoms with Crippen LogP contribution in [0.3, 0.4) is 0 Å². The number of non-ortho nitro benzene ring substituents is 1. The molecule has 0 saturated heterocycles. The Labute approximate surface area is 153 Å². The summed E-state index contributed by atoms with van der Waals surface area (Å²) in [5.41, 5.74) is 3.19. The first-order valence-electron chi connectivity index (χ1n) is 8.67. The molecule has 1 aliphatic rings. The quantitative estimate of drug-likeness (QED) is 0.618. The molecule has 2 aromatic rings. The highest BCUT2D eigenvalue weighted by Gasteiger charge is 2.23. The maximum Gasteiger partial charge on any atom is 0.273 e. The van der Waals surface area contributed by atoms with Gasteiger partial charge in [-0.3, -0.25) is 15.0 Å². The van der Waals surface area contributed by atoms with E-state index < -0.39 is 4.92 Å². The van der Waals surface area contributed by atoms with Gasteiger partial charge in [0.05, 0.1) is 18.1 Å². The predicted molar refractivity (Wildman–Crippen MR) is 98.2 cm³/mol. The van der Waals surface area contributed by atoms with Gasteiger partial charge in [0.2, 0.25) is 0 Å². The van der Waals surface area contributed by atoms with Crippen LogP contribution in [0.4, 0.5) is 5.69 Å². The lowest BCUT2D eigenvalue weighted by Gasteiger charge is -2.29. The fourth-order valence-corrected chi connectivity index (χ4v) is 3.09. The maximum absolute atomic E-state index is 10.9. The highest BCUT2D eigenvalue weighted by Crippen LogP contribution is 2.28. The van der Waals surface area contributed by atoms with Crippen LogP contribution in [-0.4, -0.2) is 33.4 Å². The van der Waals surface area contributed by atoms with Gasteiger partial charge in [0.25, 0.3) is 5.69 Å². The van der Waals surface area contributed by atoms with Crippen molar-refractivity contribution in [3.05, 3.63) is 57.2 Å². The van der Waals surface area contributed by atoms with Crippen LogP contribution in [0.5, 0.6) is 5.75 Å². The molecule has 0 aliphatic carbocycles. The van der Waals surface area contributed by atoms with Gasteiger partial charge in [-0.2, -0.15) is 0 Å². The molecule has 26 heavy (non-hydrogen) atoms. The van der Waals surface area contributed by atoms with Crippen LogP contribution in [0, 0.1) is 10.1 Å². The second-order valence-electron chi connectivity index (χ2n) is 7.63. The van der Waals surface area contributed by atoms with E-state index in [0.29, 0.717) is 12.3 Å². The summed E-state index contributed by atoms with van der Waals surface area (Å²) in [6, 6.07) is 4.77. The predicted octanol–water partition coefficient (Wildman–Crippen LogP) is 3.25. The molecule has 0 unspecified atom stereocenters. The lowest BCUT2D eigenvalue weighted by atomic mass is 9.95. The first-order chi connectivity index (χ1) is 12.3. The van der Waals surface area contributed by atoms with Gasteiger partial charge < -0.3 is 4.74 Å². The number of nitrogens with zero attached hydrogens (tertiary/aromatic N) is 4. The number of methoxy groups -OCH3 is 1. The molecule has 1 aromatic heterocycles.